The van der Waals surface area contributed by atoms with Crippen molar-refractivity contribution in [3.05, 3.63) is 99.6 Å². The number of ether oxygens (including phenoxy) is 4. The van der Waals surface area contributed by atoms with Crippen LogP contribution in [0.1, 0.15) is 80.5 Å². The average molecular weight is 775 g/mol. The Balaban J connectivity index is 1.35. The van der Waals surface area contributed by atoms with E-state index in [9.17, 15) is 0 Å². The van der Waals surface area contributed by atoms with Crippen molar-refractivity contribution in [1.82, 2.24) is 0 Å². The molecule has 0 saturated heterocycles. The molecule has 0 spiro atoms. The van der Waals surface area contributed by atoms with Crippen molar-refractivity contribution in [1.29, 1.82) is 0 Å². The van der Waals surface area contributed by atoms with Gasteiger partial charge >= 0.3 is 0 Å². The van der Waals surface area contributed by atoms with Crippen molar-refractivity contribution in [2.75, 3.05) is 36.2 Å². The van der Waals surface area contributed by atoms with E-state index in [4.69, 9.17) is 18.9 Å². The molecule has 6 nitrogen and oxygen atoms in total. The van der Waals surface area contributed by atoms with E-state index in [-0.39, 0.29) is 17.5 Å². The summed E-state index contributed by atoms with van der Waals surface area (Å²) < 4.78 is 26.6. The summed E-state index contributed by atoms with van der Waals surface area (Å²) in [5, 5.41) is 2.54. The Morgan fingerprint density at radius 3 is 1.82 bits per heavy atom. The molecule has 57 heavy (non-hydrogen) atoms. The fourth-order valence-electron chi connectivity index (χ4n) is 9.70. The maximum atomic E-state index is 6.40. The van der Waals surface area contributed by atoms with Crippen LogP contribution in [-0.4, -0.2) is 33.1 Å². The van der Waals surface area contributed by atoms with Crippen LogP contribution < -0.4 is 45.1 Å². The summed E-state index contributed by atoms with van der Waals surface area (Å²) in [6, 6.07) is 23.4. The SMILES string of the molecule is Cc1cc2c3c(c1)N(c1c(C)cc4c(c1C)OCCO4)c1sc4ccc(C(C)(C)C)cc4c1B3c1cc3c(cc1N2c1c(C)cc(C(C)(C)C)cc1C)OCCO3. The van der Waals surface area contributed by atoms with Gasteiger partial charge in [0.2, 0.25) is 0 Å². The van der Waals surface area contributed by atoms with E-state index in [0.717, 1.165) is 45.5 Å². The van der Waals surface area contributed by atoms with E-state index in [1.54, 1.807) is 0 Å². The lowest BCUT2D eigenvalue weighted by Gasteiger charge is -2.45. The van der Waals surface area contributed by atoms with Crippen LogP contribution in [0.25, 0.3) is 10.1 Å². The topological polar surface area (TPSA) is 43.4 Å². The predicted octanol–water partition coefficient (Wildman–Crippen LogP) is 10.7. The second-order valence-corrected chi connectivity index (χ2v) is 19.6. The molecule has 0 unspecified atom stereocenters. The molecule has 4 aliphatic rings. The number of fused-ring (bicyclic) bond motifs is 8. The van der Waals surface area contributed by atoms with Gasteiger partial charge in [0, 0.05) is 33.4 Å². The van der Waals surface area contributed by atoms with Gasteiger partial charge < -0.3 is 28.7 Å². The highest BCUT2D eigenvalue weighted by atomic mass is 32.1. The molecule has 5 heterocycles. The molecule has 0 fully saturated rings. The van der Waals surface area contributed by atoms with Gasteiger partial charge in [-0.05, 0) is 131 Å². The van der Waals surface area contributed by atoms with E-state index in [1.165, 1.54) is 76.4 Å². The molecule has 0 amide bonds. The molecule has 5 aromatic carbocycles. The molecule has 290 valence electrons. The lowest BCUT2D eigenvalue weighted by Crippen LogP contribution is -2.61. The Morgan fingerprint density at radius 1 is 0.561 bits per heavy atom. The lowest BCUT2D eigenvalue weighted by molar-refractivity contribution is 0.170. The van der Waals surface area contributed by atoms with Gasteiger partial charge in [-0.15, -0.1) is 11.3 Å². The zero-order chi connectivity index (χ0) is 39.9. The number of thiophene rings is 1. The van der Waals surface area contributed by atoms with Crippen LogP contribution in [0.15, 0.2) is 60.7 Å². The summed E-state index contributed by atoms with van der Waals surface area (Å²) in [5.74, 6) is 3.27. The zero-order valence-electron chi connectivity index (χ0n) is 35.1. The van der Waals surface area contributed by atoms with Crippen LogP contribution in [-0.2, 0) is 10.8 Å². The number of hydrogen-bond donors (Lipinski definition) is 0. The molecule has 8 heteroatoms. The third kappa shape index (κ3) is 5.42. The first-order valence-electron chi connectivity index (χ1n) is 20.4. The van der Waals surface area contributed by atoms with Crippen LogP contribution in [0.3, 0.4) is 0 Å². The zero-order valence-corrected chi connectivity index (χ0v) is 35.9. The molecule has 1 aromatic heterocycles. The molecule has 4 aliphatic heterocycles. The molecule has 0 N–H and O–H groups in total. The Bertz CT molecular complexity index is 2680. The van der Waals surface area contributed by atoms with Crippen LogP contribution in [0.4, 0.5) is 33.4 Å². The Kier molecular flexibility index (Phi) is 7.93. The number of benzene rings is 5. The van der Waals surface area contributed by atoms with Gasteiger partial charge in [0.25, 0.3) is 6.71 Å². The van der Waals surface area contributed by atoms with Crippen molar-refractivity contribution >= 4 is 78.0 Å². The highest BCUT2D eigenvalue weighted by Gasteiger charge is 2.47. The maximum Gasteiger partial charge on any atom is 0.254 e. The van der Waals surface area contributed by atoms with Crippen molar-refractivity contribution in [3.63, 3.8) is 0 Å². The molecule has 0 saturated carbocycles. The predicted molar refractivity (Wildman–Crippen MR) is 239 cm³/mol. The first-order chi connectivity index (χ1) is 27.1. The molecule has 10 rings (SSSR count). The van der Waals surface area contributed by atoms with Crippen molar-refractivity contribution in [2.45, 2.75) is 87.0 Å². The first-order valence-corrected chi connectivity index (χ1v) is 21.2. The van der Waals surface area contributed by atoms with Crippen LogP contribution in [0.2, 0.25) is 0 Å². The van der Waals surface area contributed by atoms with Crippen LogP contribution >= 0.6 is 11.3 Å². The fraction of sp³-hybridized carbons (Fsp3) is 0.347. The average Bonchev–Trinajstić information content (AvgIpc) is 3.53. The van der Waals surface area contributed by atoms with E-state index < -0.39 is 0 Å². The fourth-order valence-corrected chi connectivity index (χ4v) is 10.9. The van der Waals surface area contributed by atoms with Gasteiger partial charge in [-0.1, -0.05) is 65.8 Å². The normalized spacial score (nSPS) is 15.5. The molecule has 0 atom stereocenters. The monoisotopic (exact) mass is 774 g/mol. The third-order valence-electron chi connectivity index (χ3n) is 12.4. The summed E-state index contributed by atoms with van der Waals surface area (Å²) >= 11 is 1.89. The van der Waals surface area contributed by atoms with E-state index in [0.29, 0.717) is 26.4 Å². The molecule has 6 aromatic rings. The summed E-state index contributed by atoms with van der Waals surface area (Å²) in [6.07, 6.45) is 0. The van der Waals surface area contributed by atoms with Crippen LogP contribution in [0.5, 0.6) is 23.0 Å². The largest absolute Gasteiger partial charge is 0.486 e. The second-order valence-electron chi connectivity index (χ2n) is 18.6. The van der Waals surface area contributed by atoms with E-state index in [1.807, 2.05) is 11.3 Å². The number of anilines is 6. The smallest absolute Gasteiger partial charge is 0.254 e. The quantitative estimate of drug-likeness (QED) is 0.163. The van der Waals surface area contributed by atoms with Gasteiger partial charge in [0.15, 0.2) is 23.0 Å². The van der Waals surface area contributed by atoms with Gasteiger partial charge in [-0.3, -0.25) is 0 Å². The van der Waals surface area contributed by atoms with Gasteiger partial charge in [-0.25, -0.2) is 0 Å². The van der Waals surface area contributed by atoms with E-state index >= 15 is 0 Å². The van der Waals surface area contributed by atoms with Crippen molar-refractivity contribution in [3.8, 4) is 23.0 Å². The Labute approximate surface area is 341 Å². The molecular weight excluding hydrogens is 723 g/mol. The highest BCUT2D eigenvalue weighted by molar-refractivity contribution is 7.26. The minimum atomic E-state index is -0.0554. The molecular formula is C49H51BN2O4S. The molecule has 0 bridgehead atoms. The Hall–Kier alpha value is -5.08. The van der Waals surface area contributed by atoms with E-state index in [2.05, 4.69) is 147 Å². The maximum absolute atomic E-state index is 6.40. The van der Waals surface area contributed by atoms with Gasteiger partial charge in [0.1, 0.15) is 26.4 Å². The van der Waals surface area contributed by atoms with Crippen molar-refractivity contribution in [2.24, 2.45) is 0 Å². The number of rotatable bonds is 2. The third-order valence-corrected chi connectivity index (χ3v) is 13.6. The number of aryl methyl sites for hydroxylation is 4. The summed E-state index contributed by atoms with van der Waals surface area (Å²) in [4.78, 5) is 5.10. The summed E-state index contributed by atoms with van der Waals surface area (Å²) in [6.45, 7) is 27.1. The van der Waals surface area contributed by atoms with Crippen molar-refractivity contribution < 1.29 is 18.9 Å². The standard InChI is InChI=1S/C49H51BN2O4S/c1-26-18-36-43-37(19-26)52(45-29(4)22-40-46(30(45)5)56-17-16-55-40)47-42(33-23-31(48(6,7)8)12-13-41(33)57-47)50(43)34-24-38-39(54-15-14-53-38)25-35(34)51(36)44-27(2)20-32(21-28(44)3)49(9,10)11/h12-13,18-25H,14-17H2,1-11H3. The second kappa shape index (κ2) is 12.5. The minimum Gasteiger partial charge on any atom is -0.486 e. The van der Waals surface area contributed by atoms with Gasteiger partial charge in [0.05, 0.1) is 16.4 Å². The first kappa shape index (κ1) is 36.3. The summed E-state index contributed by atoms with van der Waals surface area (Å²) in [5.41, 5.74) is 18.4. The lowest BCUT2D eigenvalue weighted by atomic mass is 9.33. The van der Waals surface area contributed by atoms with Crippen LogP contribution in [0, 0.1) is 34.6 Å². The molecule has 0 radical (unpaired) electrons. The minimum absolute atomic E-state index is 0.0135. The van der Waals surface area contributed by atoms with Gasteiger partial charge in [-0.2, -0.15) is 0 Å². The molecule has 0 aliphatic carbocycles. The highest BCUT2D eigenvalue weighted by Crippen LogP contribution is 2.53. The number of hydrogen-bond acceptors (Lipinski definition) is 7. The summed E-state index contributed by atoms with van der Waals surface area (Å²) in [7, 11) is 0. The number of nitrogens with zero attached hydrogens (tertiary/aromatic N) is 2. The Morgan fingerprint density at radius 2 is 1.16 bits per heavy atom.